The maximum absolute atomic E-state index is 6.22. The van der Waals surface area contributed by atoms with E-state index in [1.165, 1.54) is 19.3 Å². The Morgan fingerprint density at radius 2 is 2.00 bits per heavy atom. The van der Waals surface area contributed by atoms with E-state index in [9.17, 15) is 0 Å². The van der Waals surface area contributed by atoms with Crippen LogP contribution in [0, 0.1) is 5.92 Å². The van der Waals surface area contributed by atoms with Crippen molar-refractivity contribution in [1.82, 2.24) is 10.2 Å². The molecule has 0 aliphatic heterocycles. The van der Waals surface area contributed by atoms with Crippen molar-refractivity contribution in [1.29, 1.82) is 0 Å². The summed E-state index contributed by atoms with van der Waals surface area (Å²) in [6, 6.07) is 0. The molecule has 1 rings (SSSR count). The lowest BCUT2D eigenvalue weighted by Gasteiger charge is -2.19. The Morgan fingerprint density at radius 1 is 1.27 bits per heavy atom. The maximum Gasteiger partial charge on any atom is 0.0376 e. The van der Waals surface area contributed by atoms with Crippen LogP contribution in [0.4, 0.5) is 0 Å². The van der Waals surface area contributed by atoms with Gasteiger partial charge in [-0.3, -0.25) is 0 Å². The molecule has 2 atom stereocenters. The zero-order valence-corrected chi connectivity index (χ0v) is 10.9. The minimum Gasteiger partial charge on any atom is -0.315 e. The SMILES string of the molecule is CCN(CC)CCNCC1CCCC1Cl. The molecule has 0 aromatic carbocycles. The highest BCUT2D eigenvalue weighted by molar-refractivity contribution is 6.20. The highest BCUT2D eigenvalue weighted by atomic mass is 35.5. The number of rotatable bonds is 7. The fourth-order valence-electron chi connectivity index (χ4n) is 2.29. The van der Waals surface area contributed by atoms with E-state index in [0.717, 1.165) is 32.7 Å². The first-order valence-corrected chi connectivity index (χ1v) is 6.78. The average Bonchev–Trinajstić information content (AvgIpc) is 2.65. The molecule has 1 N–H and O–H groups in total. The predicted molar refractivity (Wildman–Crippen MR) is 67.6 cm³/mol. The van der Waals surface area contributed by atoms with E-state index in [1.807, 2.05) is 0 Å². The van der Waals surface area contributed by atoms with Crippen molar-refractivity contribution < 1.29 is 0 Å². The van der Waals surface area contributed by atoms with Gasteiger partial charge >= 0.3 is 0 Å². The van der Waals surface area contributed by atoms with E-state index in [2.05, 4.69) is 24.1 Å². The molecule has 3 heteroatoms. The van der Waals surface area contributed by atoms with Gasteiger partial charge in [0.05, 0.1) is 0 Å². The molecular formula is C12H25ClN2. The Hall–Kier alpha value is 0.210. The maximum atomic E-state index is 6.22. The van der Waals surface area contributed by atoms with Crippen molar-refractivity contribution in [3.05, 3.63) is 0 Å². The van der Waals surface area contributed by atoms with Gasteiger partial charge < -0.3 is 10.2 Å². The summed E-state index contributed by atoms with van der Waals surface area (Å²) in [5.41, 5.74) is 0. The lowest BCUT2D eigenvalue weighted by atomic mass is 10.1. The van der Waals surface area contributed by atoms with Crippen LogP contribution in [-0.4, -0.2) is 43.0 Å². The Balaban J connectivity index is 2.01. The van der Waals surface area contributed by atoms with Crippen molar-refractivity contribution in [3.63, 3.8) is 0 Å². The molecule has 0 amide bonds. The lowest BCUT2D eigenvalue weighted by Crippen LogP contribution is -2.34. The number of alkyl halides is 1. The van der Waals surface area contributed by atoms with Gasteiger partial charge in [0.1, 0.15) is 0 Å². The molecule has 2 nitrogen and oxygen atoms in total. The Bertz CT molecular complexity index is 160. The zero-order valence-electron chi connectivity index (χ0n) is 10.1. The van der Waals surface area contributed by atoms with E-state index in [4.69, 9.17) is 11.6 Å². The molecule has 0 bridgehead atoms. The monoisotopic (exact) mass is 232 g/mol. The lowest BCUT2D eigenvalue weighted by molar-refractivity contribution is 0.299. The molecule has 90 valence electrons. The van der Waals surface area contributed by atoms with Gasteiger partial charge in [-0.15, -0.1) is 11.6 Å². The molecule has 0 spiro atoms. The van der Waals surface area contributed by atoms with Gasteiger partial charge in [-0.05, 0) is 38.4 Å². The quantitative estimate of drug-likeness (QED) is 0.536. The largest absolute Gasteiger partial charge is 0.315 e. The van der Waals surface area contributed by atoms with Gasteiger partial charge in [0, 0.05) is 18.5 Å². The number of likely N-dealkylation sites (N-methyl/N-ethyl adjacent to an activating group) is 1. The highest BCUT2D eigenvalue weighted by Crippen LogP contribution is 2.29. The number of hydrogen-bond acceptors (Lipinski definition) is 2. The van der Waals surface area contributed by atoms with Crippen LogP contribution >= 0.6 is 11.6 Å². The minimum atomic E-state index is 0.422. The second-order valence-corrected chi connectivity index (χ2v) is 5.00. The van der Waals surface area contributed by atoms with Crippen LogP contribution in [0.2, 0.25) is 0 Å². The molecule has 1 aliphatic rings. The molecule has 1 fully saturated rings. The van der Waals surface area contributed by atoms with Crippen molar-refractivity contribution in [2.75, 3.05) is 32.7 Å². The van der Waals surface area contributed by atoms with Gasteiger partial charge in [-0.1, -0.05) is 20.3 Å². The van der Waals surface area contributed by atoms with Crippen molar-refractivity contribution in [2.45, 2.75) is 38.5 Å². The standard InChI is InChI=1S/C12H25ClN2/c1-3-15(4-2)9-8-14-10-11-6-5-7-12(11)13/h11-12,14H,3-10H2,1-2H3. The molecule has 0 saturated heterocycles. The second kappa shape index (κ2) is 7.48. The number of halogens is 1. The fraction of sp³-hybridized carbons (Fsp3) is 1.00. The van der Waals surface area contributed by atoms with Gasteiger partial charge in [0.15, 0.2) is 0 Å². The van der Waals surface area contributed by atoms with Crippen LogP contribution in [0.5, 0.6) is 0 Å². The Labute approximate surface area is 99.4 Å². The van der Waals surface area contributed by atoms with Gasteiger partial charge in [0.2, 0.25) is 0 Å². The van der Waals surface area contributed by atoms with Crippen LogP contribution in [0.3, 0.4) is 0 Å². The van der Waals surface area contributed by atoms with Crippen LogP contribution in [0.25, 0.3) is 0 Å². The average molecular weight is 233 g/mol. The summed E-state index contributed by atoms with van der Waals surface area (Å²) in [6.45, 7) is 10.1. The summed E-state index contributed by atoms with van der Waals surface area (Å²) >= 11 is 6.22. The molecular weight excluding hydrogens is 208 g/mol. The normalized spacial score (nSPS) is 26.4. The second-order valence-electron chi connectivity index (χ2n) is 4.44. The van der Waals surface area contributed by atoms with Gasteiger partial charge in [-0.25, -0.2) is 0 Å². The van der Waals surface area contributed by atoms with Gasteiger partial charge in [0.25, 0.3) is 0 Å². The third-order valence-corrected chi connectivity index (χ3v) is 4.05. The third-order valence-electron chi connectivity index (χ3n) is 3.47. The van der Waals surface area contributed by atoms with Crippen molar-refractivity contribution in [3.8, 4) is 0 Å². The smallest absolute Gasteiger partial charge is 0.0376 e. The molecule has 0 radical (unpaired) electrons. The van der Waals surface area contributed by atoms with E-state index < -0.39 is 0 Å². The Morgan fingerprint density at radius 3 is 2.53 bits per heavy atom. The van der Waals surface area contributed by atoms with E-state index >= 15 is 0 Å². The number of nitrogens with one attached hydrogen (secondary N) is 1. The van der Waals surface area contributed by atoms with Crippen LogP contribution < -0.4 is 5.32 Å². The molecule has 0 heterocycles. The summed E-state index contributed by atoms with van der Waals surface area (Å²) < 4.78 is 0. The molecule has 0 aromatic rings. The summed E-state index contributed by atoms with van der Waals surface area (Å²) in [4.78, 5) is 2.44. The van der Waals surface area contributed by atoms with Crippen LogP contribution in [0.1, 0.15) is 33.1 Å². The molecule has 0 aromatic heterocycles. The molecule has 1 saturated carbocycles. The van der Waals surface area contributed by atoms with Crippen LogP contribution in [-0.2, 0) is 0 Å². The summed E-state index contributed by atoms with van der Waals surface area (Å²) in [5.74, 6) is 0.711. The van der Waals surface area contributed by atoms with E-state index in [0.29, 0.717) is 11.3 Å². The molecule has 1 aliphatic carbocycles. The topological polar surface area (TPSA) is 15.3 Å². The predicted octanol–water partition coefficient (Wildman–Crippen LogP) is 2.33. The first-order chi connectivity index (χ1) is 7.27. The van der Waals surface area contributed by atoms with Crippen LogP contribution in [0.15, 0.2) is 0 Å². The summed E-state index contributed by atoms with van der Waals surface area (Å²) in [6.07, 6.45) is 3.84. The first kappa shape index (κ1) is 13.3. The van der Waals surface area contributed by atoms with Gasteiger partial charge in [-0.2, -0.15) is 0 Å². The van der Waals surface area contributed by atoms with E-state index in [1.54, 1.807) is 0 Å². The van der Waals surface area contributed by atoms with Crippen molar-refractivity contribution >= 4 is 11.6 Å². The highest BCUT2D eigenvalue weighted by Gasteiger charge is 2.24. The van der Waals surface area contributed by atoms with E-state index in [-0.39, 0.29) is 0 Å². The third kappa shape index (κ3) is 4.71. The minimum absolute atomic E-state index is 0.422. The fourth-order valence-corrected chi connectivity index (χ4v) is 2.66. The van der Waals surface area contributed by atoms with Crippen molar-refractivity contribution in [2.24, 2.45) is 5.92 Å². The zero-order chi connectivity index (χ0) is 11.1. The number of nitrogens with zero attached hydrogens (tertiary/aromatic N) is 1. The number of hydrogen-bond donors (Lipinski definition) is 1. The first-order valence-electron chi connectivity index (χ1n) is 6.35. The summed E-state index contributed by atoms with van der Waals surface area (Å²) in [7, 11) is 0. The summed E-state index contributed by atoms with van der Waals surface area (Å²) in [5, 5.41) is 3.95. The molecule has 2 unspecified atom stereocenters. The Kier molecular flexibility index (Phi) is 6.62. The molecule has 15 heavy (non-hydrogen) atoms.